The number of methoxy groups -OCH3 is 1. The summed E-state index contributed by atoms with van der Waals surface area (Å²) in [5.74, 6) is 0.529. The molecule has 2 aromatic rings. The van der Waals surface area contributed by atoms with Crippen molar-refractivity contribution in [2.45, 2.75) is 24.8 Å². The summed E-state index contributed by atoms with van der Waals surface area (Å²) >= 11 is 0. The van der Waals surface area contributed by atoms with Gasteiger partial charge in [-0.3, -0.25) is 9.59 Å². The Morgan fingerprint density at radius 1 is 1.18 bits per heavy atom. The molecule has 1 atom stereocenters. The highest BCUT2D eigenvalue weighted by atomic mass is 32.2. The van der Waals surface area contributed by atoms with Gasteiger partial charge in [-0.15, -0.1) is 0 Å². The number of benzene rings is 2. The van der Waals surface area contributed by atoms with Crippen molar-refractivity contribution in [3.8, 4) is 11.5 Å². The lowest BCUT2D eigenvalue weighted by Crippen LogP contribution is -2.50. The molecular formula is C24H27N3O6S. The van der Waals surface area contributed by atoms with Gasteiger partial charge in [0, 0.05) is 43.9 Å². The molecule has 0 aromatic heterocycles. The maximum Gasteiger partial charge on any atom is 0.265 e. The van der Waals surface area contributed by atoms with Gasteiger partial charge in [-0.25, -0.2) is 8.42 Å². The number of nitrogens with one attached hydrogen (secondary N) is 1. The number of fused-ring (bicyclic) bond motifs is 1. The Morgan fingerprint density at radius 3 is 2.59 bits per heavy atom. The fraction of sp³-hybridized carbons (Fsp3) is 0.333. The minimum absolute atomic E-state index is 0.130. The number of anilines is 1. The van der Waals surface area contributed by atoms with Gasteiger partial charge in [0.25, 0.3) is 5.91 Å². The first kappa shape index (κ1) is 23.8. The molecule has 4 rings (SSSR count). The van der Waals surface area contributed by atoms with Crippen molar-refractivity contribution in [3.05, 3.63) is 53.6 Å². The van der Waals surface area contributed by atoms with E-state index in [1.54, 1.807) is 38.0 Å². The summed E-state index contributed by atoms with van der Waals surface area (Å²) in [4.78, 5) is 26.2. The van der Waals surface area contributed by atoms with Crippen LogP contribution >= 0.6 is 0 Å². The van der Waals surface area contributed by atoms with Crippen molar-refractivity contribution in [2.75, 3.05) is 38.6 Å². The second-order valence-corrected chi connectivity index (χ2v) is 10.1. The molecule has 1 unspecified atom stereocenters. The van der Waals surface area contributed by atoms with Gasteiger partial charge in [0.1, 0.15) is 11.5 Å². The third-order valence-electron chi connectivity index (χ3n) is 5.92. The van der Waals surface area contributed by atoms with Crippen LogP contribution in [0.2, 0.25) is 0 Å². The van der Waals surface area contributed by atoms with E-state index in [0.29, 0.717) is 22.7 Å². The maximum atomic E-state index is 13.3. The standard InChI is InChI=1S/C24H27N3O6S/c1-16-14-19-21(33-17(2)24(29)25-19)15-22(16)34(30,31)27-12-10-26(11-13-27)23(28)9-8-18-6-4-5-7-20(18)32-3/h4-9,14-15,17H,10-13H2,1-3H3,(H,25,29)/b9-8+. The smallest absolute Gasteiger partial charge is 0.265 e. The number of hydrogen-bond donors (Lipinski definition) is 1. The highest BCUT2D eigenvalue weighted by Gasteiger charge is 2.33. The van der Waals surface area contributed by atoms with Crippen molar-refractivity contribution in [1.29, 1.82) is 0 Å². The van der Waals surface area contributed by atoms with Crippen molar-refractivity contribution >= 4 is 33.6 Å². The fourth-order valence-electron chi connectivity index (χ4n) is 3.98. The van der Waals surface area contributed by atoms with Crippen molar-refractivity contribution in [1.82, 2.24) is 9.21 Å². The molecule has 2 amide bonds. The van der Waals surface area contributed by atoms with Crippen LogP contribution in [0.5, 0.6) is 11.5 Å². The number of carbonyl (C=O) groups excluding carboxylic acids is 2. The summed E-state index contributed by atoms with van der Waals surface area (Å²) in [7, 11) is -2.23. The van der Waals surface area contributed by atoms with Gasteiger partial charge in [-0.1, -0.05) is 18.2 Å². The summed E-state index contributed by atoms with van der Waals surface area (Å²) < 4.78 is 39.0. The molecular weight excluding hydrogens is 458 g/mol. The molecule has 10 heteroatoms. The Labute approximate surface area is 199 Å². The van der Waals surface area contributed by atoms with Crippen LogP contribution < -0.4 is 14.8 Å². The molecule has 2 aliphatic rings. The Hall–Kier alpha value is -3.37. The van der Waals surface area contributed by atoms with Gasteiger partial charge in [0.2, 0.25) is 15.9 Å². The minimum atomic E-state index is -3.80. The number of ether oxygens (including phenoxy) is 2. The van der Waals surface area contributed by atoms with Crippen LogP contribution in [-0.2, 0) is 19.6 Å². The molecule has 2 aliphatic heterocycles. The van der Waals surface area contributed by atoms with Crippen LogP contribution in [0.15, 0.2) is 47.4 Å². The van der Waals surface area contributed by atoms with E-state index in [9.17, 15) is 18.0 Å². The first-order valence-electron chi connectivity index (χ1n) is 10.9. The predicted octanol–water partition coefficient (Wildman–Crippen LogP) is 2.27. The average Bonchev–Trinajstić information content (AvgIpc) is 2.83. The highest BCUT2D eigenvalue weighted by Crippen LogP contribution is 2.35. The average molecular weight is 486 g/mol. The van der Waals surface area contributed by atoms with Crippen molar-refractivity contribution < 1.29 is 27.5 Å². The number of sulfonamides is 1. The van der Waals surface area contributed by atoms with Crippen LogP contribution in [0.1, 0.15) is 18.1 Å². The third-order valence-corrected chi connectivity index (χ3v) is 7.96. The van der Waals surface area contributed by atoms with Crippen LogP contribution in [0.3, 0.4) is 0 Å². The van der Waals surface area contributed by atoms with Gasteiger partial charge in [-0.2, -0.15) is 4.31 Å². The molecule has 0 saturated carbocycles. The Bertz CT molecular complexity index is 1250. The first-order valence-corrected chi connectivity index (χ1v) is 12.4. The van der Waals surface area contributed by atoms with E-state index in [4.69, 9.17) is 9.47 Å². The molecule has 2 heterocycles. The third kappa shape index (κ3) is 4.64. The predicted molar refractivity (Wildman–Crippen MR) is 127 cm³/mol. The summed E-state index contributed by atoms with van der Waals surface area (Å²) in [5.41, 5.74) is 1.75. The van der Waals surface area contributed by atoms with E-state index in [1.807, 2.05) is 24.3 Å². The number of hydrogen-bond acceptors (Lipinski definition) is 6. The molecule has 0 spiro atoms. The zero-order valence-corrected chi connectivity index (χ0v) is 20.1. The number of carbonyl (C=O) groups is 2. The summed E-state index contributed by atoms with van der Waals surface area (Å²) in [6.07, 6.45) is 2.47. The Balaban J connectivity index is 1.45. The summed E-state index contributed by atoms with van der Waals surface area (Å²) in [6.45, 7) is 4.20. The SMILES string of the molecule is COc1ccccc1/C=C/C(=O)N1CCN(S(=O)(=O)c2cc3c(cc2C)NC(=O)C(C)O3)CC1. The van der Waals surface area contributed by atoms with Gasteiger partial charge in [0.15, 0.2) is 6.10 Å². The lowest BCUT2D eigenvalue weighted by atomic mass is 10.1. The molecule has 180 valence electrons. The maximum absolute atomic E-state index is 13.3. The van der Waals surface area contributed by atoms with E-state index in [1.165, 1.54) is 16.4 Å². The number of aryl methyl sites for hydroxylation is 1. The largest absolute Gasteiger partial charge is 0.496 e. The normalized spacial score (nSPS) is 18.9. The van der Waals surface area contributed by atoms with Crippen molar-refractivity contribution in [3.63, 3.8) is 0 Å². The minimum Gasteiger partial charge on any atom is -0.496 e. The van der Waals surface area contributed by atoms with Crippen molar-refractivity contribution in [2.24, 2.45) is 0 Å². The molecule has 34 heavy (non-hydrogen) atoms. The lowest BCUT2D eigenvalue weighted by Gasteiger charge is -2.34. The Morgan fingerprint density at radius 2 is 1.88 bits per heavy atom. The number of amides is 2. The van der Waals surface area contributed by atoms with E-state index < -0.39 is 16.1 Å². The molecule has 1 fully saturated rings. The zero-order valence-electron chi connectivity index (χ0n) is 19.3. The number of nitrogens with zero attached hydrogens (tertiary/aromatic N) is 2. The molecule has 1 saturated heterocycles. The zero-order chi connectivity index (χ0) is 24.5. The molecule has 0 aliphatic carbocycles. The summed E-state index contributed by atoms with van der Waals surface area (Å²) in [6, 6.07) is 10.4. The second kappa shape index (κ2) is 9.47. The molecule has 0 bridgehead atoms. The van der Waals surface area contributed by atoms with Crippen LogP contribution in [0.4, 0.5) is 5.69 Å². The van der Waals surface area contributed by atoms with Gasteiger partial charge < -0.3 is 19.7 Å². The number of rotatable bonds is 5. The van der Waals surface area contributed by atoms with Gasteiger partial charge in [-0.05, 0) is 37.6 Å². The molecule has 1 N–H and O–H groups in total. The number of para-hydroxylation sites is 1. The molecule has 0 radical (unpaired) electrons. The van der Waals surface area contributed by atoms with Crippen LogP contribution in [0, 0.1) is 6.92 Å². The quantitative estimate of drug-likeness (QED) is 0.652. The topological polar surface area (TPSA) is 105 Å². The van der Waals surface area contributed by atoms with Crippen LogP contribution in [0.25, 0.3) is 6.08 Å². The van der Waals surface area contributed by atoms with E-state index in [2.05, 4.69) is 5.32 Å². The monoisotopic (exact) mass is 485 g/mol. The molecule has 9 nitrogen and oxygen atoms in total. The summed E-state index contributed by atoms with van der Waals surface area (Å²) in [5, 5.41) is 2.73. The van der Waals surface area contributed by atoms with Crippen LogP contribution in [-0.4, -0.2) is 68.8 Å². The number of piperazine rings is 1. The van der Waals surface area contributed by atoms with E-state index in [-0.39, 0.29) is 42.9 Å². The van der Waals surface area contributed by atoms with Gasteiger partial charge >= 0.3 is 0 Å². The second-order valence-electron chi connectivity index (χ2n) is 8.17. The van der Waals surface area contributed by atoms with Gasteiger partial charge in [0.05, 0.1) is 17.7 Å². The Kier molecular flexibility index (Phi) is 6.63. The molecule has 2 aromatic carbocycles. The fourth-order valence-corrected chi connectivity index (χ4v) is 5.62. The van der Waals surface area contributed by atoms with E-state index in [0.717, 1.165) is 5.56 Å². The van der Waals surface area contributed by atoms with E-state index >= 15 is 0 Å². The first-order chi connectivity index (χ1) is 16.2. The highest BCUT2D eigenvalue weighted by molar-refractivity contribution is 7.89. The lowest BCUT2D eigenvalue weighted by molar-refractivity contribution is -0.127.